The molecule has 1 atom stereocenters. The first-order valence-corrected chi connectivity index (χ1v) is 7.65. The van der Waals surface area contributed by atoms with Gasteiger partial charge in [-0.15, -0.1) is 5.10 Å². The first-order chi connectivity index (χ1) is 11.0. The Labute approximate surface area is 142 Å². The third kappa shape index (κ3) is 3.13. The molecule has 0 saturated heterocycles. The van der Waals surface area contributed by atoms with Crippen LogP contribution in [0.1, 0.15) is 34.8 Å². The molecule has 0 aliphatic rings. The lowest BCUT2D eigenvalue weighted by molar-refractivity contribution is 0.0929. The quantitative estimate of drug-likeness (QED) is 0.787. The average Bonchev–Trinajstić information content (AvgIpc) is 2.92. The number of fused-ring (bicyclic) bond motifs is 1. The highest BCUT2D eigenvalue weighted by atomic mass is 35.5. The standard InChI is InChI=1S/C15H13Cl2N5O/c1-8-5-6-18-15-20-13(21-22(8)15)14(23)19-9(2)11-4-3-10(16)7-12(11)17/h3-7,9H,1-2H3,(H,19,23). The molecule has 0 aliphatic carbocycles. The number of aryl methyl sites for hydroxylation is 1. The molecule has 1 unspecified atom stereocenters. The van der Waals surface area contributed by atoms with Crippen molar-refractivity contribution in [3.8, 4) is 0 Å². The third-order valence-electron chi connectivity index (χ3n) is 3.41. The van der Waals surface area contributed by atoms with E-state index in [1.54, 1.807) is 30.5 Å². The normalized spacial score (nSPS) is 12.3. The number of hydrogen-bond donors (Lipinski definition) is 1. The molecule has 0 bridgehead atoms. The highest BCUT2D eigenvalue weighted by Crippen LogP contribution is 2.26. The Hall–Kier alpha value is -2.18. The first kappa shape index (κ1) is 15.7. The summed E-state index contributed by atoms with van der Waals surface area (Å²) < 4.78 is 1.52. The van der Waals surface area contributed by atoms with E-state index in [9.17, 15) is 4.79 Å². The van der Waals surface area contributed by atoms with E-state index in [0.717, 1.165) is 11.3 Å². The molecule has 2 heterocycles. The van der Waals surface area contributed by atoms with Crippen molar-refractivity contribution in [2.24, 2.45) is 0 Å². The van der Waals surface area contributed by atoms with E-state index in [0.29, 0.717) is 15.8 Å². The molecular weight excluding hydrogens is 337 g/mol. The average molecular weight is 350 g/mol. The van der Waals surface area contributed by atoms with Gasteiger partial charge in [0.15, 0.2) is 0 Å². The highest BCUT2D eigenvalue weighted by Gasteiger charge is 2.18. The van der Waals surface area contributed by atoms with Crippen LogP contribution in [0.2, 0.25) is 10.0 Å². The van der Waals surface area contributed by atoms with E-state index in [2.05, 4.69) is 20.4 Å². The first-order valence-electron chi connectivity index (χ1n) is 6.90. The molecule has 1 amide bonds. The van der Waals surface area contributed by atoms with Crippen LogP contribution in [-0.4, -0.2) is 25.5 Å². The van der Waals surface area contributed by atoms with Crippen LogP contribution in [0.5, 0.6) is 0 Å². The fourth-order valence-corrected chi connectivity index (χ4v) is 2.77. The molecule has 6 nitrogen and oxygen atoms in total. The van der Waals surface area contributed by atoms with Crippen molar-refractivity contribution in [1.29, 1.82) is 0 Å². The van der Waals surface area contributed by atoms with Gasteiger partial charge in [-0.1, -0.05) is 29.3 Å². The minimum atomic E-state index is -0.395. The molecule has 0 radical (unpaired) electrons. The van der Waals surface area contributed by atoms with E-state index in [4.69, 9.17) is 23.2 Å². The number of nitrogens with zero attached hydrogens (tertiary/aromatic N) is 4. The summed E-state index contributed by atoms with van der Waals surface area (Å²) in [5.41, 5.74) is 1.61. The highest BCUT2D eigenvalue weighted by molar-refractivity contribution is 6.35. The number of rotatable bonds is 3. The van der Waals surface area contributed by atoms with Crippen molar-refractivity contribution in [2.75, 3.05) is 0 Å². The van der Waals surface area contributed by atoms with Gasteiger partial charge in [0.2, 0.25) is 5.82 Å². The van der Waals surface area contributed by atoms with Gasteiger partial charge in [-0.05, 0) is 37.6 Å². The van der Waals surface area contributed by atoms with Crippen molar-refractivity contribution < 1.29 is 4.79 Å². The van der Waals surface area contributed by atoms with Crippen molar-refractivity contribution in [1.82, 2.24) is 24.9 Å². The van der Waals surface area contributed by atoms with E-state index in [-0.39, 0.29) is 11.9 Å². The topological polar surface area (TPSA) is 72.2 Å². The lowest BCUT2D eigenvalue weighted by Gasteiger charge is -2.14. The molecule has 0 fully saturated rings. The van der Waals surface area contributed by atoms with Crippen molar-refractivity contribution in [3.63, 3.8) is 0 Å². The van der Waals surface area contributed by atoms with Gasteiger partial charge in [0.25, 0.3) is 11.7 Å². The van der Waals surface area contributed by atoms with Crippen LogP contribution in [0.15, 0.2) is 30.5 Å². The fourth-order valence-electron chi connectivity index (χ4n) is 2.19. The van der Waals surface area contributed by atoms with Gasteiger partial charge in [-0.2, -0.15) is 4.98 Å². The van der Waals surface area contributed by atoms with Crippen LogP contribution in [0.3, 0.4) is 0 Å². The summed E-state index contributed by atoms with van der Waals surface area (Å²) in [6.07, 6.45) is 1.62. The van der Waals surface area contributed by atoms with E-state index in [1.807, 2.05) is 13.8 Å². The van der Waals surface area contributed by atoms with Crippen LogP contribution in [-0.2, 0) is 0 Å². The second kappa shape index (κ2) is 6.14. The Morgan fingerprint density at radius 3 is 2.78 bits per heavy atom. The van der Waals surface area contributed by atoms with Crippen LogP contribution in [0, 0.1) is 6.92 Å². The number of benzene rings is 1. The molecule has 3 rings (SSSR count). The predicted octanol–water partition coefficient (Wildman–Crippen LogP) is 3.23. The second-order valence-electron chi connectivity index (χ2n) is 5.09. The Balaban J connectivity index is 1.83. The monoisotopic (exact) mass is 349 g/mol. The summed E-state index contributed by atoms with van der Waals surface area (Å²) in [4.78, 5) is 20.6. The molecule has 23 heavy (non-hydrogen) atoms. The van der Waals surface area contributed by atoms with Crippen molar-refractivity contribution in [2.45, 2.75) is 19.9 Å². The molecule has 0 spiro atoms. The number of halogens is 2. The van der Waals surface area contributed by atoms with Crippen LogP contribution in [0.4, 0.5) is 0 Å². The summed E-state index contributed by atoms with van der Waals surface area (Å²) in [6, 6.07) is 6.62. The van der Waals surface area contributed by atoms with E-state index in [1.165, 1.54) is 4.52 Å². The van der Waals surface area contributed by atoms with Crippen LogP contribution < -0.4 is 5.32 Å². The van der Waals surface area contributed by atoms with Crippen molar-refractivity contribution >= 4 is 34.9 Å². The molecular formula is C15H13Cl2N5O. The van der Waals surface area contributed by atoms with Crippen LogP contribution >= 0.6 is 23.2 Å². The summed E-state index contributed by atoms with van der Waals surface area (Å²) in [7, 11) is 0. The van der Waals surface area contributed by atoms with Gasteiger partial charge >= 0.3 is 0 Å². The lowest BCUT2D eigenvalue weighted by atomic mass is 10.1. The molecule has 0 aliphatic heterocycles. The zero-order valence-corrected chi connectivity index (χ0v) is 13.9. The van der Waals surface area contributed by atoms with Crippen LogP contribution in [0.25, 0.3) is 5.78 Å². The van der Waals surface area contributed by atoms with Gasteiger partial charge in [0, 0.05) is 21.9 Å². The molecule has 8 heteroatoms. The Morgan fingerprint density at radius 2 is 2.09 bits per heavy atom. The molecule has 118 valence electrons. The molecule has 0 saturated carbocycles. The Kier molecular flexibility index (Phi) is 4.19. The second-order valence-corrected chi connectivity index (χ2v) is 5.94. The van der Waals surface area contributed by atoms with Gasteiger partial charge in [0.05, 0.1) is 6.04 Å². The number of aromatic nitrogens is 4. The zero-order valence-electron chi connectivity index (χ0n) is 12.4. The smallest absolute Gasteiger partial charge is 0.291 e. The number of carbonyl (C=O) groups excluding carboxylic acids is 1. The number of carbonyl (C=O) groups is 1. The fraction of sp³-hybridized carbons (Fsp3) is 0.200. The maximum atomic E-state index is 12.3. The molecule has 1 N–H and O–H groups in total. The lowest BCUT2D eigenvalue weighted by Crippen LogP contribution is -2.27. The Bertz CT molecular complexity index is 893. The maximum absolute atomic E-state index is 12.3. The predicted molar refractivity (Wildman–Crippen MR) is 87.9 cm³/mol. The SMILES string of the molecule is Cc1ccnc2nc(C(=O)NC(C)c3ccc(Cl)cc3Cl)nn12. The summed E-state index contributed by atoms with van der Waals surface area (Å²) >= 11 is 12.0. The van der Waals surface area contributed by atoms with E-state index < -0.39 is 5.91 Å². The summed E-state index contributed by atoms with van der Waals surface area (Å²) in [5, 5.41) is 8.03. The van der Waals surface area contributed by atoms with Crippen molar-refractivity contribution in [3.05, 3.63) is 57.6 Å². The Morgan fingerprint density at radius 1 is 1.30 bits per heavy atom. The third-order valence-corrected chi connectivity index (χ3v) is 3.97. The van der Waals surface area contributed by atoms with Gasteiger partial charge in [-0.3, -0.25) is 4.79 Å². The number of hydrogen-bond acceptors (Lipinski definition) is 4. The van der Waals surface area contributed by atoms with Gasteiger partial charge < -0.3 is 5.32 Å². The minimum absolute atomic E-state index is 0.0590. The summed E-state index contributed by atoms with van der Waals surface area (Å²) in [6.45, 7) is 3.69. The van der Waals surface area contributed by atoms with Gasteiger partial charge in [-0.25, -0.2) is 9.50 Å². The largest absolute Gasteiger partial charge is 0.343 e. The molecule has 3 aromatic rings. The minimum Gasteiger partial charge on any atom is -0.343 e. The molecule has 1 aromatic carbocycles. The summed E-state index contributed by atoms with van der Waals surface area (Å²) in [5.74, 6) is 0.0458. The number of nitrogens with one attached hydrogen (secondary N) is 1. The zero-order chi connectivity index (χ0) is 16.6. The van der Waals surface area contributed by atoms with Gasteiger partial charge in [0.1, 0.15) is 0 Å². The molecule has 2 aromatic heterocycles. The van der Waals surface area contributed by atoms with E-state index >= 15 is 0 Å². The maximum Gasteiger partial charge on any atom is 0.291 e. The number of amides is 1.